The van der Waals surface area contributed by atoms with Gasteiger partial charge in [0, 0.05) is 11.1 Å². The van der Waals surface area contributed by atoms with Crippen molar-refractivity contribution < 1.29 is 17.6 Å². The van der Waals surface area contributed by atoms with Gasteiger partial charge in [-0.1, -0.05) is 48.0 Å². The van der Waals surface area contributed by atoms with Crippen molar-refractivity contribution >= 4 is 21.6 Å². The van der Waals surface area contributed by atoms with E-state index in [-0.39, 0.29) is 29.6 Å². The van der Waals surface area contributed by atoms with Gasteiger partial charge in [0.05, 0.1) is 11.4 Å². The van der Waals surface area contributed by atoms with E-state index in [0.717, 1.165) is 5.56 Å². The molecule has 8 heteroatoms. The fourth-order valence-corrected chi connectivity index (χ4v) is 3.55. The number of benzene rings is 2. The molecule has 0 bridgehead atoms. The van der Waals surface area contributed by atoms with Crippen LogP contribution in [0.1, 0.15) is 11.3 Å². The molecule has 1 N–H and O–H groups in total. The molecule has 0 atom stereocenters. The molecule has 0 aliphatic rings. The molecule has 3 rings (SSSR count). The van der Waals surface area contributed by atoms with Crippen LogP contribution in [0.5, 0.6) is 5.75 Å². The molecule has 0 saturated heterocycles. The van der Waals surface area contributed by atoms with Gasteiger partial charge in [-0.05, 0) is 23.8 Å². The molecular formula is C19H16ClNO5S. The fourth-order valence-electron chi connectivity index (χ4n) is 2.26. The van der Waals surface area contributed by atoms with Crippen molar-refractivity contribution in [3.63, 3.8) is 0 Å². The first kappa shape index (κ1) is 19.2. The van der Waals surface area contributed by atoms with E-state index < -0.39 is 15.5 Å². The van der Waals surface area contributed by atoms with Crippen LogP contribution in [0.4, 0.5) is 0 Å². The molecule has 2 aromatic carbocycles. The highest BCUT2D eigenvalue weighted by atomic mass is 35.5. The molecule has 0 saturated carbocycles. The summed E-state index contributed by atoms with van der Waals surface area (Å²) in [5.41, 5.74) is 0.518. The van der Waals surface area contributed by atoms with Crippen LogP contribution in [0.2, 0.25) is 5.02 Å². The summed E-state index contributed by atoms with van der Waals surface area (Å²) in [5.74, 6) is 0.220. The number of hydrogen-bond donors (Lipinski definition) is 1. The summed E-state index contributed by atoms with van der Waals surface area (Å²) in [6.07, 6.45) is 1.17. The highest BCUT2D eigenvalue weighted by Gasteiger charge is 2.15. The molecule has 0 spiro atoms. The molecule has 0 unspecified atom stereocenters. The van der Waals surface area contributed by atoms with Crippen LogP contribution in [0.15, 0.2) is 81.0 Å². The Morgan fingerprint density at radius 2 is 1.81 bits per heavy atom. The number of sulfonamides is 1. The van der Waals surface area contributed by atoms with Crippen LogP contribution in [0, 0.1) is 0 Å². The lowest BCUT2D eigenvalue weighted by Crippen LogP contribution is -2.23. The maximum Gasteiger partial charge on any atom is 0.241 e. The van der Waals surface area contributed by atoms with E-state index in [1.165, 1.54) is 30.5 Å². The number of ether oxygens (including phenoxy) is 1. The van der Waals surface area contributed by atoms with E-state index in [2.05, 4.69) is 4.72 Å². The topological polar surface area (TPSA) is 85.6 Å². The van der Waals surface area contributed by atoms with Gasteiger partial charge in [0.15, 0.2) is 0 Å². The molecule has 0 aliphatic heterocycles. The number of rotatable bonds is 7. The van der Waals surface area contributed by atoms with Crippen molar-refractivity contribution in [1.29, 1.82) is 0 Å². The molecule has 0 fully saturated rings. The van der Waals surface area contributed by atoms with Crippen LogP contribution in [0.3, 0.4) is 0 Å². The Balaban J connectivity index is 1.64. The van der Waals surface area contributed by atoms with Crippen LogP contribution in [0.25, 0.3) is 0 Å². The van der Waals surface area contributed by atoms with E-state index >= 15 is 0 Å². The first-order chi connectivity index (χ1) is 12.9. The number of hydrogen-bond acceptors (Lipinski definition) is 5. The zero-order valence-electron chi connectivity index (χ0n) is 14.1. The minimum atomic E-state index is -3.78. The first-order valence-electron chi connectivity index (χ1n) is 7.98. The summed E-state index contributed by atoms with van der Waals surface area (Å²) in [6, 6.07) is 16.4. The Kier molecular flexibility index (Phi) is 5.95. The maximum atomic E-state index is 12.3. The third-order valence-corrected chi connectivity index (χ3v) is 5.27. The summed E-state index contributed by atoms with van der Waals surface area (Å²) in [5, 5.41) is 0.310. The van der Waals surface area contributed by atoms with E-state index in [9.17, 15) is 13.2 Å². The van der Waals surface area contributed by atoms with Gasteiger partial charge in [-0.25, -0.2) is 13.1 Å². The Bertz CT molecular complexity index is 1080. The second-order valence-electron chi connectivity index (χ2n) is 5.63. The van der Waals surface area contributed by atoms with Gasteiger partial charge in [-0.3, -0.25) is 4.79 Å². The average molecular weight is 406 g/mol. The lowest BCUT2D eigenvalue weighted by Gasteiger charge is -2.08. The number of halogens is 1. The summed E-state index contributed by atoms with van der Waals surface area (Å²) >= 11 is 5.81. The number of nitrogens with one attached hydrogen (secondary N) is 1. The fraction of sp³-hybridized carbons (Fsp3) is 0.105. The molecular weight excluding hydrogens is 390 g/mol. The SMILES string of the molecule is O=c1cc(CNS(=O)(=O)c2cccc(Cl)c2)occ1OCc1ccccc1. The van der Waals surface area contributed by atoms with Gasteiger partial charge >= 0.3 is 0 Å². The third-order valence-electron chi connectivity index (χ3n) is 3.63. The van der Waals surface area contributed by atoms with E-state index in [4.69, 9.17) is 20.8 Å². The Labute approximate surface area is 161 Å². The normalized spacial score (nSPS) is 11.3. The van der Waals surface area contributed by atoms with E-state index in [1.54, 1.807) is 6.07 Å². The summed E-state index contributed by atoms with van der Waals surface area (Å²) in [7, 11) is -3.78. The van der Waals surface area contributed by atoms with Crippen molar-refractivity contribution in [2.24, 2.45) is 0 Å². The van der Waals surface area contributed by atoms with Crippen molar-refractivity contribution in [1.82, 2.24) is 4.72 Å². The molecule has 6 nitrogen and oxygen atoms in total. The van der Waals surface area contributed by atoms with Crippen molar-refractivity contribution in [2.75, 3.05) is 0 Å². The van der Waals surface area contributed by atoms with Gasteiger partial charge in [0.1, 0.15) is 18.6 Å². The molecule has 1 heterocycles. The summed E-state index contributed by atoms with van der Waals surface area (Å²) in [4.78, 5) is 12.1. The largest absolute Gasteiger partial charge is 0.482 e. The van der Waals surface area contributed by atoms with Crippen molar-refractivity contribution in [2.45, 2.75) is 18.0 Å². The van der Waals surface area contributed by atoms with Gasteiger partial charge in [-0.15, -0.1) is 0 Å². The Morgan fingerprint density at radius 3 is 2.52 bits per heavy atom. The lowest BCUT2D eigenvalue weighted by atomic mass is 10.2. The minimum absolute atomic E-state index is 0.0279. The van der Waals surface area contributed by atoms with Crippen LogP contribution >= 0.6 is 11.6 Å². The zero-order valence-corrected chi connectivity index (χ0v) is 15.7. The standard InChI is InChI=1S/C19H16ClNO5S/c20-15-7-4-8-17(9-15)27(23,24)21-11-16-10-18(22)19(13-25-16)26-12-14-5-2-1-3-6-14/h1-10,13,21H,11-12H2. The van der Waals surface area contributed by atoms with E-state index in [0.29, 0.717) is 5.02 Å². The van der Waals surface area contributed by atoms with Gasteiger partial charge < -0.3 is 9.15 Å². The van der Waals surface area contributed by atoms with E-state index in [1.807, 2.05) is 30.3 Å². The monoisotopic (exact) mass is 405 g/mol. The molecule has 1 aromatic heterocycles. The zero-order chi connectivity index (χ0) is 19.3. The molecule has 0 radical (unpaired) electrons. The molecule has 0 amide bonds. The molecule has 140 valence electrons. The summed E-state index contributed by atoms with van der Waals surface area (Å²) in [6.45, 7) is 0.0510. The van der Waals surface area contributed by atoms with Crippen molar-refractivity contribution in [3.05, 3.63) is 93.5 Å². The second kappa shape index (κ2) is 8.39. The minimum Gasteiger partial charge on any atom is -0.482 e. The quantitative estimate of drug-likeness (QED) is 0.651. The average Bonchev–Trinajstić information content (AvgIpc) is 2.66. The first-order valence-corrected chi connectivity index (χ1v) is 9.84. The van der Waals surface area contributed by atoms with Crippen LogP contribution in [-0.2, 0) is 23.2 Å². The maximum absolute atomic E-state index is 12.3. The smallest absolute Gasteiger partial charge is 0.241 e. The predicted octanol–water partition coefficient (Wildman–Crippen LogP) is 3.35. The third kappa shape index (κ3) is 5.19. The molecule has 0 aliphatic carbocycles. The van der Waals surface area contributed by atoms with Gasteiger partial charge in [0.2, 0.25) is 21.2 Å². The second-order valence-corrected chi connectivity index (χ2v) is 7.83. The van der Waals surface area contributed by atoms with Crippen molar-refractivity contribution in [3.8, 4) is 5.75 Å². The Morgan fingerprint density at radius 1 is 1.04 bits per heavy atom. The van der Waals surface area contributed by atoms with Crippen LogP contribution in [-0.4, -0.2) is 8.42 Å². The molecule has 3 aromatic rings. The molecule has 27 heavy (non-hydrogen) atoms. The Hall–Kier alpha value is -2.61. The van der Waals surface area contributed by atoms with Gasteiger partial charge in [-0.2, -0.15) is 0 Å². The predicted molar refractivity (Wildman–Crippen MR) is 101 cm³/mol. The highest BCUT2D eigenvalue weighted by Crippen LogP contribution is 2.16. The summed E-state index contributed by atoms with van der Waals surface area (Å²) < 4.78 is 37.6. The van der Waals surface area contributed by atoms with Gasteiger partial charge in [0.25, 0.3) is 0 Å². The lowest BCUT2D eigenvalue weighted by molar-refractivity contribution is 0.289. The highest BCUT2D eigenvalue weighted by molar-refractivity contribution is 7.89. The van der Waals surface area contributed by atoms with Crippen LogP contribution < -0.4 is 14.9 Å².